The number of nitrogens with one attached hydrogen (secondary N) is 1. The van der Waals surface area contributed by atoms with Gasteiger partial charge in [-0.15, -0.1) is 0 Å². The zero-order valence-electron chi connectivity index (χ0n) is 13.9. The Hall–Kier alpha value is -1.84. The molecule has 5 nitrogen and oxygen atoms in total. The molecule has 1 aliphatic carbocycles. The summed E-state index contributed by atoms with van der Waals surface area (Å²) in [6.45, 7) is 0. The average molecular weight is 381 g/mol. The number of carbonyl (C=O) groups is 1. The van der Waals surface area contributed by atoms with Crippen LogP contribution in [0.2, 0.25) is 5.02 Å². The highest BCUT2D eigenvalue weighted by Gasteiger charge is 2.23. The second-order valence-electron chi connectivity index (χ2n) is 6.18. The molecule has 1 N–H and O–H groups in total. The Bertz CT molecular complexity index is 791. The molecule has 0 unspecified atom stereocenters. The quantitative estimate of drug-likeness (QED) is 0.736. The molecule has 0 atom stereocenters. The van der Waals surface area contributed by atoms with Crippen LogP contribution in [0.25, 0.3) is 6.08 Å². The summed E-state index contributed by atoms with van der Waals surface area (Å²) >= 11 is 5.96. The molecule has 25 heavy (non-hydrogen) atoms. The van der Waals surface area contributed by atoms with Crippen LogP contribution in [-0.2, 0) is 14.6 Å². The number of benzene rings is 1. The van der Waals surface area contributed by atoms with E-state index in [2.05, 4.69) is 5.32 Å². The molecule has 1 aromatic rings. The van der Waals surface area contributed by atoms with Crippen LogP contribution >= 0.6 is 11.6 Å². The lowest BCUT2D eigenvalue weighted by Crippen LogP contribution is -2.35. The third kappa shape index (κ3) is 6.52. The minimum absolute atomic E-state index is 0.0863. The van der Waals surface area contributed by atoms with Crippen molar-refractivity contribution < 1.29 is 13.2 Å². The summed E-state index contributed by atoms with van der Waals surface area (Å²) in [5, 5.41) is 12.0. The van der Waals surface area contributed by atoms with Gasteiger partial charge in [0.1, 0.15) is 0 Å². The number of amides is 1. The lowest BCUT2D eigenvalue weighted by atomic mass is 10.1. The Labute approximate surface area is 153 Å². The van der Waals surface area contributed by atoms with E-state index >= 15 is 0 Å². The summed E-state index contributed by atoms with van der Waals surface area (Å²) in [7, 11) is -3.54. The highest BCUT2D eigenvalue weighted by molar-refractivity contribution is 7.91. The number of hydrogen-bond donors (Lipinski definition) is 1. The number of halogens is 1. The van der Waals surface area contributed by atoms with Gasteiger partial charge >= 0.3 is 0 Å². The van der Waals surface area contributed by atoms with Crippen molar-refractivity contribution in [2.24, 2.45) is 0 Å². The Morgan fingerprint density at radius 3 is 2.72 bits per heavy atom. The second kappa shape index (κ2) is 9.02. The van der Waals surface area contributed by atoms with Gasteiger partial charge in [-0.3, -0.25) is 4.79 Å². The van der Waals surface area contributed by atoms with E-state index in [-0.39, 0.29) is 35.4 Å². The maximum Gasteiger partial charge on any atom is 0.248 e. The van der Waals surface area contributed by atoms with E-state index in [0.29, 0.717) is 10.6 Å². The van der Waals surface area contributed by atoms with Crippen molar-refractivity contribution in [2.75, 3.05) is 11.5 Å². The lowest BCUT2D eigenvalue weighted by Gasteiger charge is -2.14. The van der Waals surface area contributed by atoms with E-state index in [9.17, 15) is 13.2 Å². The maximum atomic E-state index is 12.6. The summed E-state index contributed by atoms with van der Waals surface area (Å²) < 4.78 is 24.4. The third-order valence-electron chi connectivity index (χ3n) is 4.07. The fourth-order valence-electron chi connectivity index (χ4n) is 2.83. The number of rotatable bonds is 7. The molecule has 134 valence electrons. The Morgan fingerprint density at radius 2 is 2.08 bits per heavy atom. The first kappa shape index (κ1) is 19.5. The molecule has 0 heterocycles. The molecule has 0 bridgehead atoms. The van der Waals surface area contributed by atoms with E-state index in [1.807, 2.05) is 6.07 Å². The smallest absolute Gasteiger partial charge is 0.248 e. The first-order valence-corrected chi connectivity index (χ1v) is 10.4. The van der Waals surface area contributed by atoms with Crippen molar-refractivity contribution in [2.45, 2.75) is 38.1 Å². The molecule has 0 aromatic heterocycles. The van der Waals surface area contributed by atoms with Gasteiger partial charge in [0.2, 0.25) is 5.91 Å². The second-order valence-corrected chi connectivity index (χ2v) is 8.80. The molecule has 1 saturated carbocycles. The molecule has 0 aliphatic heterocycles. The van der Waals surface area contributed by atoms with Crippen LogP contribution < -0.4 is 5.32 Å². The first-order chi connectivity index (χ1) is 11.9. The number of carbonyl (C=O) groups excluding carboxylic acids is 1. The van der Waals surface area contributed by atoms with Crippen LogP contribution in [0.4, 0.5) is 0 Å². The largest absolute Gasteiger partial charge is 0.350 e. The molecule has 1 amide bonds. The van der Waals surface area contributed by atoms with Crippen LogP contribution in [0, 0.1) is 11.3 Å². The van der Waals surface area contributed by atoms with Gasteiger partial charge in [-0.05, 0) is 36.6 Å². The Kier molecular flexibility index (Phi) is 7.03. The number of sulfone groups is 1. The molecule has 0 spiro atoms. The van der Waals surface area contributed by atoms with E-state index < -0.39 is 9.84 Å². The van der Waals surface area contributed by atoms with Crippen LogP contribution in [0.15, 0.2) is 29.8 Å². The van der Waals surface area contributed by atoms with Gasteiger partial charge in [0.25, 0.3) is 0 Å². The van der Waals surface area contributed by atoms with Gasteiger partial charge in [0, 0.05) is 23.1 Å². The highest BCUT2D eigenvalue weighted by Crippen LogP contribution is 2.19. The van der Waals surface area contributed by atoms with E-state index in [0.717, 1.165) is 25.7 Å². The van der Waals surface area contributed by atoms with Gasteiger partial charge in [-0.2, -0.15) is 5.26 Å². The summed E-state index contributed by atoms with van der Waals surface area (Å²) in [6, 6.07) is 8.80. The van der Waals surface area contributed by atoms with Crippen molar-refractivity contribution in [1.82, 2.24) is 5.32 Å². The Balaban J connectivity index is 2.23. The third-order valence-corrected chi connectivity index (χ3v) is 5.88. The summed E-state index contributed by atoms with van der Waals surface area (Å²) in [5.74, 6) is -1.01. The fraction of sp³-hybridized carbons (Fsp3) is 0.444. The molecule has 0 radical (unpaired) electrons. The fourth-order valence-corrected chi connectivity index (χ4v) is 4.26. The summed E-state index contributed by atoms with van der Waals surface area (Å²) in [6.07, 6.45) is 5.43. The van der Waals surface area contributed by atoms with Gasteiger partial charge in [-0.1, -0.05) is 36.6 Å². The molecule has 7 heteroatoms. The number of nitrogens with zero attached hydrogens (tertiary/aromatic N) is 1. The number of nitriles is 1. The zero-order valence-corrected chi connectivity index (χ0v) is 15.4. The molecule has 1 aliphatic rings. The normalized spacial score (nSPS) is 15.8. The molecular formula is C18H21ClN2O3S. The number of hydrogen-bond acceptors (Lipinski definition) is 4. The molecular weight excluding hydrogens is 360 g/mol. The SMILES string of the molecule is N#CCCS(=O)(=O)C/C(=C\c1cccc(Cl)c1)C(=O)NC1CCCC1. The van der Waals surface area contributed by atoms with E-state index in [1.54, 1.807) is 30.3 Å². The van der Waals surface area contributed by atoms with Crippen molar-refractivity contribution >= 4 is 33.4 Å². The predicted octanol–water partition coefficient (Wildman–Crippen LogP) is 3.11. The van der Waals surface area contributed by atoms with Gasteiger partial charge in [0.05, 0.1) is 17.6 Å². The maximum absolute atomic E-state index is 12.6. The van der Waals surface area contributed by atoms with Crippen LogP contribution in [-0.4, -0.2) is 31.9 Å². The van der Waals surface area contributed by atoms with Crippen LogP contribution in [0.5, 0.6) is 0 Å². The standard InChI is InChI=1S/C18H21ClN2O3S/c19-16-6-3-5-14(12-16)11-15(13-25(23,24)10-4-9-20)18(22)21-17-7-1-2-8-17/h3,5-6,11-12,17H,1-2,4,7-8,10,13H2,(H,21,22)/b15-11+. The zero-order chi connectivity index (χ0) is 18.3. The van der Waals surface area contributed by atoms with E-state index in [1.165, 1.54) is 0 Å². The summed E-state index contributed by atoms with van der Waals surface area (Å²) in [5.41, 5.74) is 0.840. The summed E-state index contributed by atoms with van der Waals surface area (Å²) in [4.78, 5) is 12.6. The predicted molar refractivity (Wildman–Crippen MR) is 98.7 cm³/mol. The minimum atomic E-state index is -3.54. The monoisotopic (exact) mass is 380 g/mol. The van der Waals surface area contributed by atoms with E-state index in [4.69, 9.17) is 16.9 Å². The first-order valence-electron chi connectivity index (χ1n) is 8.24. The molecule has 1 fully saturated rings. The minimum Gasteiger partial charge on any atom is -0.350 e. The highest BCUT2D eigenvalue weighted by atomic mass is 35.5. The van der Waals surface area contributed by atoms with Crippen molar-refractivity contribution in [3.63, 3.8) is 0 Å². The lowest BCUT2D eigenvalue weighted by molar-refractivity contribution is -0.118. The van der Waals surface area contributed by atoms with Gasteiger partial charge in [-0.25, -0.2) is 8.42 Å². The van der Waals surface area contributed by atoms with Crippen molar-refractivity contribution in [3.05, 3.63) is 40.4 Å². The average Bonchev–Trinajstić information content (AvgIpc) is 3.05. The molecule has 2 rings (SSSR count). The van der Waals surface area contributed by atoms with Crippen molar-refractivity contribution in [1.29, 1.82) is 5.26 Å². The van der Waals surface area contributed by atoms with Crippen LogP contribution in [0.1, 0.15) is 37.7 Å². The van der Waals surface area contributed by atoms with Gasteiger partial charge in [0.15, 0.2) is 9.84 Å². The molecule has 1 aromatic carbocycles. The Morgan fingerprint density at radius 1 is 1.36 bits per heavy atom. The van der Waals surface area contributed by atoms with Gasteiger partial charge < -0.3 is 5.32 Å². The molecule has 0 saturated heterocycles. The van der Waals surface area contributed by atoms with Crippen LogP contribution in [0.3, 0.4) is 0 Å². The van der Waals surface area contributed by atoms with Crippen molar-refractivity contribution in [3.8, 4) is 6.07 Å². The topological polar surface area (TPSA) is 87.0 Å².